The summed E-state index contributed by atoms with van der Waals surface area (Å²) in [5.41, 5.74) is 1.93. The van der Waals surface area contributed by atoms with E-state index < -0.39 is 17.3 Å². The molecule has 0 bridgehead atoms. The number of aromatic nitrogens is 2. The Morgan fingerprint density at radius 3 is 2.71 bits per heavy atom. The number of rotatable bonds is 7. The fraction of sp³-hybridized carbons (Fsp3) is 0.292. The molecule has 1 aliphatic rings. The zero-order valence-electron chi connectivity index (χ0n) is 18.8. The van der Waals surface area contributed by atoms with Gasteiger partial charge in [0.25, 0.3) is 0 Å². The zero-order chi connectivity index (χ0) is 24.5. The number of thiazole rings is 1. The van der Waals surface area contributed by atoms with Gasteiger partial charge in [-0.3, -0.25) is 4.98 Å². The monoisotopic (exact) mass is 503 g/mol. The Balaban J connectivity index is 1.48. The van der Waals surface area contributed by atoms with Gasteiger partial charge < -0.3 is 14.6 Å². The number of aromatic carboxylic acids is 1. The van der Waals surface area contributed by atoms with Gasteiger partial charge in [0.2, 0.25) is 0 Å². The predicted molar refractivity (Wildman–Crippen MR) is 130 cm³/mol. The lowest BCUT2D eigenvalue weighted by atomic mass is 9.77. The van der Waals surface area contributed by atoms with Crippen molar-refractivity contribution in [2.24, 2.45) is 5.41 Å². The van der Waals surface area contributed by atoms with Crippen molar-refractivity contribution in [2.75, 3.05) is 11.8 Å². The average molecular weight is 504 g/mol. The van der Waals surface area contributed by atoms with Gasteiger partial charge in [-0.05, 0) is 42.4 Å². The van der Waals surface area contributed by atoms with Crippen molar-refractivity contribution in [1.29, 1.82) is 0 Å². The maximum Gasteiger partial charge on any atom is 0.338 e. The van der Waals surface area contributed by atoms with Crippen molar-refractivity contribution in [2.45, 2.75) is 38.1 Å². The first-order valence-electron chi connectivity index (χ1n) is 10.5. The number of hydrogen-bond acceptors (Lipinski definition) is 7. The second kappa shape index (κ2) is 9.71. The molecule has 0 spiro atoms. The van der Waals surface area contributed by atoms with Crippen LogP contribution in [0.15, 0.2) is 40.9 Å². The molecule has 34 heavy (non-hydrogen) atoms. The molecule has 6 nitrogen and oxygen atoms in total. The van der Waals surface area contributed by atoms with E-state index in [-0.39, 0.29) is 22.7 Å². The number of nitrogens with one attached hydrogen (secondary N) is 1. The molecule has 1 aliphatic carbocycles. The van der Waals surface area contributed by atoms with Gasteiger partial charge >= 0.3 is 5.97 Å². The van der Waals surface area contributed by atoms with E-state index in [0.717, 1.165) is 48.9 Å². The molecule has 2 aromatic heterocycles. The quantitative estimate of drug-likeness (QED) is 0.339. The van der Waals surface area contributed by atoms with E-state index in [9.17, 15) is 13.6 Å². The second-order valence-corrected chi connectivity index (χ2v) is 10.4. The minimum atomic E-state index is -1.38. The van der Waals surface area contributed by atoms with Crippen LogP contribution < -0.4 is 9.46 Å². The minimum absolute atomic E-state index is 0.184. The summed E-state index contributed by atoms with van der Waals surface area (Å²) in [6, 6.07) is 3.63. The van der Waals surface area contributed by atoms with Crippen LogP contribution in [0, 0.1) is 17.0 Å². The first-order chi connectivity index (χ1) is 16.2. The third-order valence-electron chi connectivity index (χ3n) is 5.63. The van der Waals surface area contributed by atoms with E-state index >= 15 is 0 Å². The Morgan fingerprint density at radius 1 is 1.26 bits per heavy atom. The van der Waals surface area contributed by atoms with Crippen LogP contribution in [0.5, 0.6) is 5.75 Å². The maximum atomic E-state index is 14.9. The van der Waals surface area contributed by atoms with E-state index in [1.165, 1.54) is 24.5 Å². The number of nitrogens with zero attached hydrogens (tertiary/aromatic N) is 2. The molecular weight excluding hydrogens is 480 g/mol. The lowest BCUT2D eigenvalue weighted by Gasteiger charge is -2.28. The Kier molecular flexibility index (Phi) is 6.90. The third-order valence-corrected chi connectivity index (χ3v) is 7.41. The van der Waals surface area contributed by atoms with Crippen molar-refractivity contribution in [3.8, 4) is 16.3 Å². The van der Waals surface area contributed by atoms with Crippen molar-refractivity contribution in [3.63, 3.8) is 0 Å². The van der Waals surface area contributed by atoms with Gasteiger partial charge in [0, 0.05) is 35.2 Å². The van der Waals surface area contributed by atoms with Crippen LogP contribution >= 0.6 is 23.3 Å². The van der Waals surface area contributed by atoms with E-state index in [1.807, 2.05) is 0 Å². The molecule has 0 saturated heterocycles. The molecule has 0 unspecified atom stereocenters. The number of halogens is 2. The first-order valence-corrected chi connectivity index (χ1v) is 12.2. The Bertz CT molecular complexity index is 1270. The fourth-order valence-electron chi connectivity index (χ4n) is 3.59. The van der Waals surface area contributed by atoms with E-state index in [4.69, 9.17) is 9.84 Å². The number of hydrogen-bond donors (Lipinski definition) is 2. The summed E-state index contributed by atoms with van der Waals surface area (Å²) in [6.45, 7) is 4.41. The number of anilines is 1. The molecule has 4 rings (SSSR count). The third kappa shape index (κ3) is 5.23. The van der Waals surface area contributed by atoms with Gasteiger partial charge in [0.1, 0.15) is 33.1 Å². The lowest BCUT2D eigenvalue weighted by Crippen LogP contribution is -2.14. The van der Waals surface area contributed by atoms with Crippen molar-refractivity contribution in [1.82, 2.24) is 9.97 Å². The average Bonchev–Trinajstić information content (AvgIpc) is 3.27. The molecule has 2 N–H and O–H groups in total. The van der Waals surface area contributed by atoms with E-state index in [2.05, 4.69) is 34.6 Å². The normalized spacial score (nSPS) is 15.0. The summed E-state index contributed by atoms with van der Waals surface area (Å²) < 4.78 is 37.0. The van der Waals surface area contributed by atoms with Crippen LogP contribution in [-0.4, -0.2) is 28.2 Å². The number of allylic oxidation sites excluding steroid dienone is 2. The van der Waals surface area contributed by atoms with Gasteiger partial charge in [0.15, 0.2) is 0 Å². The Morgan fingerprint density at radius 2 is 2.06 bits per heavy atom. The summed E-state index contributed by atoms with van der Waals surface area (Å²) in [7, 11) is 1.37. The standard InChI is InChI=1S/C24H23F2N3O3S2/c1-24(2)6-4-13(5-7-24)21-17(26)8-14(11-27-21)22-28-20(12-33-22)34-29-18-10-16(25)15(23(30)31)9-19(18)32-3/h4,8-12,29H,5-7H2,1-3H3,(H,30,31). The Labute approximate surface area is 204 Å². The van der Waals surface area contributed by atoms with Crippen LogP contribution in [0.25, 0.3) is 16.1 Å². The topological polar surface area (TPSA) is 84.3 Å². The van der Waals surface area contributed by atoms with Crippen LogP contribution in [0.3, 0.4) is 0 Å². The van der Waals surface area contributed by atoms with Crippen LogP contribution in [-0.2, 0) is 0 Å². The summed E-state index contributed by atoms with van der Waals surface area (Å²) >= 11 is 2.43. The van der Waals surface area contributed by atoms with Crippen molar-refractivity contribution < 1.29 is 23.4 Å². The zero-order valence-corrected chi connectivity index (χ0v) is 20.4. The molecule has 2 heterocycles. The van der Waals surface area contributed by atoms with Crippen molar-refractivity contribution in [3.05, 3.63) is 58.7 Å². The summed E-state index contributed by atoms with van der Waals surface area (Å²) in [5, 5.41) is 12.0. The van der Waals surface area contributed by atoms with Crippen LogP contribution in [0.1, 0.15) is 49.2 Å². The fourth-order valence-corrected chi connectivity index (χ4v) is 5.16. The molecule has 0 fully saturated rings. The van der Waals surface area contributed by atoms with Crippen LogP contribution in [0.4, 0.5) is 14.5 Å². The van der Waals surface area contributed by atoms with Gasteiger partial charge in [-0.2, -0.15) is 0 Å². The summed E-state index contributed by atoms with van der Waals surface area (Å²) in [6.07, 6.45) is 6.41. The Hall–Kier alpha value is -2.98. The highest BCUT2D eigenvalue weighted by Gasteiger charge is 2.24. The number of carboxylic acid groups (broad SMARTS) is 1. The van der Waals surface area contributed by atoms with E-state index in [0.29, 0.717) is 21.3 Å². The number of pyridine rings is 1. The molecule has 0 atom stereocenters. The molecular formula is C24H23F2N3O3S2. The number of carboxylic acids is 1. The largest absolute Gasteiger partial charge is 0.495 e. The highest BCUT2D eigenvalue weighted by molar-refractivity contribution is 8.00. The highest BCUT2D eigenvalue weighted by atomic mass is 32.2. The van der Waals surface area contributed by atoms with Gasteiger partial charge in [-0.1, -0.05) is 19.9 Å². The molecule has 178 valence electrons. The molecule has 0 amide bonds. The van der Waals surface area contributed by atoms with Crippen LogP contribution in [0.2, 0.25) is 0 Å². The smallest absolute Gasteiger partial charge is 0.338 e. The molecule has 0 saturated carbocycles. The van der Waals surface area contributed by atoms with Gasteiger partial charge in [0.05, 0.1) is 18.4 Å². The predicted octanol–water partition coefficient (Wildman–Crippen LogP) is 6.90. The first kappa shape index (κ1) is 24.2. The number of benzene rings is 1. The summed E-state index contributed by atoms with van der Waals surface area (Å²) in [4.78, 5) is 20.0. The minimum Gasteiger partial charge on any atom is -0.495 e. The van der Waals surface area contributed by atoms with Crippen molar-refractivity contribution >= 4 is 40.5 Å². The molecule has 10 heteroatoms. The number of carbonyl (C=O) groups is 1. The van der Waals surface area contributed by atoms with E-state index in [1.54, 1.807) is 11.6 Å². The van der Waals surface area contributed by atoms with Gasteiger partial charge in [-0.25, -0.2) is 18.6 Å². The molecule has 0 radical (unpaired) electrons. The maximum absolute atomic E-state index is 14.9. The molecule has 0 aliphatic heterocycles. The number of ether oxygens (including phenoxy) is 1. The SMILES string of the molecule is COc1cc(C(=O)O)c(F)cc1NSc1csc(-c2cnc(C3=CCC(C)(C)CC3)c(F)c2)n1. The lowest BCUT2D eigenvalue weighted by molar-refractivity contribution is 0.0691. The molecule has 3 aromatic rings. The second-order valence-electron chi connectivity index (χ2n) is 8.68. The summed E-state index contributed by atoms with van der Waals surface area (Å²) in [5.74, 6) is -2.45. The number of methoxy groups -OCH3 is 1. The molecule has 1 aromatic carbocycles. The van der Waals surface area contributed by atoms with Gasteiger partial charge in [-0.15, -0.1) is 11.3 Å². The highest BCUT2D eigenvalue weighted by Crippen LogP contribution is 2.39.